The van der Waals surface area contributed by atoms with Crippen molar-refractivity contribution in [2.24, 2.45) is 0 Å². The normalized spacial score (nSPS) is 10.1. The number of anilines is 1. The van der Waals surface area contributed by atoms with Gasteiger partial charge in [0, 0.05) is 25.7 Å². The van der Waals surface area contributed by atoms with Crippen LogP contribution >= 0.6 is 0 Å². The molecule has 0 aromatic heterocycles. The van der Waals surface area contributed by atoms with Gasteiger partial charge in [0.25, 0.3) is 0 Å². The van der Waals surface area contributed by atoms with Crippen LogP contribution in [-0.2, 0) is 11.2 Å². The number of ketones is 1. The lowest BCUT2D eigenvalue weighted by Gasteiger charge is -2.21. The number of hydrogen-bond donors (Lipinski definition) is 0. The summed E-state index contributed by atoms with van der Waals surface area (Å²) in [6.45, 7) is 4.59. The molecular formula is C13H19NO. The van der Waals surface area contributed by atoms with E-state index in [1.165, 1.54) is 11.3 Å². The lowest BCUT2D eigenvalue weighted by Crippen LogP contribution is -2.21. The molecule has 0 spiro atoms. The molecule has 0 unspecified atom stereocenters. The molecule has 15 heavy (non-hydrogen) atoms. The van der Waals surface area contributed by atoms with Gasteiger partial charge in [-0.2, -0.15) is 0 Å². The highest BCUT2D eigenvalue weighted by molar-refractivity contribution is 5.76. The van der Waals surface area contributed by atoms with Crippen molar-refractivity contribution in [1.29, 1.82) is 0 Å². The van der Waals surface area contributed by atoms with Gasteiger partial charge >= 0.3 is 0 Å². The molecule has 0 saturated heterocycles. The van der Waals surface area contributed by atoms with Crippen molar-refractivity contribution in [3.05, 3.63) is 29.8 Å². The molecule has 0 radical (unpaired) electrons. The predicted molar refractivity (Wildman–Crippen MR) is 64.4 cm³/mol. The van der Waals surface area contributed by atoms with Crippen molar-refractivity contribution in [3.63, 3.8) is 0 Å². The molecule has 82 valence electrons. The third kappa shape index (κ3) is 3.39. The Morgan fingerprint density at radius 3 is 2.60 bits per heavy atom. The highest BCUT2D eigenvalue weighted by Crippen LogP contribution is 2.19. The van der Waals surface area contributed by atoms with Crippen LogP contribution in [0.3, 0.4) is 0 Å². The summed E-state index contributed by atoms with van der Waals surface area (Å²) in [7, 11) is 2.04. The van der Waals surface area contributed by atoms with E-state index < -0.39 is 0 Å². The number of carbonyl (C=O) groups excluding carboxylic acids is 1. The molecule has 0 saturated carbocycles. The summed E-state index contributed by atoms with van der Waals surface area (Å²) in [5, 5.41) is 0. The molecule has 0 aliphatic heterocycles. The third-order valence-electron chi connectivity index (χ3n) is 2.58. The van der Waals surface area contributed by atoms with Crippen molar-refractivity contribution >= 4 is 11.5 Å². The number of rotatable bonds is 5. The Hall–Kier alpha value is -1.31. The maximum atomic E-state index is 10.9. The number of para-hydroxylation sites is 1. The molecule has 0 fully saturated rings. The molecule has 0 N–H and O–H groups in total. The second kappa shape index (κ2) is 5.54. The minimum atomic E-state index is 0.246. The molecule has 0 aliphatic rings. The SMILES string of the molecule is CCc1ccccc1N(C)CCC(C)=O. The minimum Gasteiger partial charge on any atom is -0.374 e. The van der Waals surface area contributed by atoms with Gasteiger partial charge in [-0.3, -0.25) is 4.79 Å². The smallest absolute Gasteiger partial charge is 0.131 e. The van der Waals surface area contributed by atoms with Crippen molar-refractivity contribution in [2.75, 3.05) is 18.5 Å². The number of nitrogens with zero attached hydrogens (tertiary/aromatic N) is 1. The number of aryl methyl sites for hydroxylation is 1. The van der Waals surface area contributed by atoms with Crippen molar-refractivity contribution in [3.8, 4) is 0 Å². The van der Waals surface area contributed by atoms with Gasteiger partial charge in [-0.25, -0.2) is 0 Å². The molecule has 2 heteroatoms. The first-order valence-electron chi connectivity index (χ1n) is 5.43. The van der Waals surface area contributed by atoms with E-state index in [0.29, 0.717) is 6.42 Å². The average Bonchev–Trinajstić information content (AvgIpc) is 2.25. The van der Waals surface area contributed by atoms with Gasteiger partial charge in [-0.05, 0) is 25.0 Å². The summed E-state index contributed by atoms with van der Waals surface area (Å²) in [5.41, 5.74) is 2.57. The van der Waals surface area contributed by atoms with Gasteiger partial charge < -0.3 is 4.90 Å². The zero-order valence-electron chi connectivity index (χ0n) is 9.79. The monoisotopic (exact) mass is 205 g/mol. The van der Waals surface area contributed by atoms with Crippen LogP contribution in [0.5, 0.6) is 0 Å². The first-order chi connectivity index (χ1) is 7.15. The fraction of sp³-hybridized carbons (Fsp3) is 0.462. The molecule has 1 aromatic carbocycles. The summed E-state index contributed by atoms with van der Waals surface area (Å²) in [4.78, 5) is 13.1. The Labute approximate surface area is 91.9 Å². The number of carbonyl (C=O) groups is 1. The fourth-order valence-electron chi connectivity index (χ4n) is 1.63. The fourth-order valence-corrected chi connectivity index (χ4v) is 1.63. The zero-order valence-corrected chi connectivity index (χ0v) is 9.79. The van der Waals surface area contributed by atoms with E-state index in [0.717, 1.165) is 13.0 Å². The second-order valence-corrected chi connectivity index (χ2v) is 3.86. The Bertz CT molecular complexity index is 333. The standard InChI is InChI=1S/C13H19NO/c1-4-12-7-5-6-8-13(12)14(3)10-9-11(2)15/h5-8H,4,9-10H2,1-3H3. The summed E-state index contributed by atoms with van der Waals surface area (Å²) < 4.78 is 0. The molecule has 0 heterocycles. The number of benzene rings is 1. The van der Waals surface area contributed by atoms with E-state index in [1.807, 2.05) is 13.1 Å². The van der Waals surface area contributed by atoms with E-state index >= 15 is 0 Å². The minimum absolute atomic E-state index is 0.246. The number of hydrogen-bond acceptors (Lipinski definition) is 2. The first-order valence-corrected chi connectivity index (χ1v) is 5.43. The topological polar surface area (TPSA) is 20.3 Å². The summed E-state index contributed by atoms with van der Waals surface area (Å²) in [5.74, 6) is 0.246. The van der Waals surface area contributed by atoms with Crippen LogP contribution in [0.2, 0.25) is 0 Å². The summed E-state index contributed by atoms with van der Waals surface area (Å²) >= 11 is 0. The molecule has 0 amide bonds. The third-order valence-corrected chi connectivity index (χ3v) is 2.58. The van der Waals surface area contributed by atoms with E-state index in [2.05, 4.69) is 30.0 Å². The van der Waals surface area contributed by atoms with E-state index in [9.17, 15) is 4.79 Å². The van der Waals surface area contributed by atoms with Crippen LogP contribution in [0, 0.1) is 0 Å². The van der Waals surface area contributed by atoms with Gasteiger partial charge in [0.2, 0.25) is 0 Å². The van der Waals surface area contributed by atoms with Crippen LogP contribution in [-0.4, -0.2) is 19.4 Å². The van der Waals surface area contributed by atoms with Crippen molar-refractivity contribution < 1.29 is 4.79 Å². The Balaban J connectivity index is 2.72. The van der Waals surface area contributed by atoms with Gasteiger partial charge in [0.05, 0.1) is 0 Å². The van der Waals surface area contributed by atoms with E-state index in [1.54, 1.807) is 6.92 Å². The highest BCUT2D eigenvalue weighted by Gasteiger charge is 2.05. The van der Waals surface area contributed by atoms with Crippen LogP contribution in [0.4, 0.5) is 5.69 Å². The molecule has 1 rings (SSSR count). The maximum Gasteiger partial charge on any atom is 0.131 e. The molecule has 0 atom stereocenters. The molecule has 1 aromatic rings. The average molecular weight is 205 g/mol. The molecule has 2 nitrogen and oxygen atoms in total. The van der Waals surface area contributed by atoms with Crippen molar-refractivity contribution in [1.82, 2.24) is 0 Å². The molecule has 0 bridgehead atoms. The second-order valence-electron chi connectivity index (χ2n) is 3.86. The largest absolute Gasteiger partial charge is 0.374 e. The van der Waals surface area contributed by atoms with Gasteiger partial charge in [-0.15, -0.1) is 0 Å². The Morgan fingerprint density at radius 2 is 2.00 bits per heavy atom. The first kappa shape index (κ1) is 11.8. The van der Waals surface area contributed by atoms with Crippen LogP contribution in [0.1, 0.15) is 25.8 Å². The zero-order chi connectivity index (χ0) is 11.3. The van der Waals surface area contributed by atoms with Crippen LogP contribution in [0.15, 0.2) is 24.3 Å². The maximum absolute atomic E-state index is 10.9. The molecule has 0 aliphatic carbocycles. The van der Waals surface area contributed by atoms with Gasteiger partial charge in [0.15, 0.2) is 0 Å². The highest BCUT2D eigenvalue weighted by atomic mass is 16.1. The quantitative estimate of drug-likeness (QED) is 0.736. The predicted octanol–water partition coefficient (Wildman–Crippen LogP) is 2.66. The van der Waals surface area contributed by atoms with E-state index in [-0.39, 0.29) is 5.78 Å². The van der Waals surface area contributed by atoms with E-state index in [4.69, 9.17) is 0 Å². The van der Waals surface area contributed by atoms with Crippen LogP contribution in [0.25, 0.3) is 0 Å². The lowest BCUT2D eigenvalue weighted by atomic mass is 10.1. The van der Waals surface area contributed by atoms with Gasteiger partial charge in [-0.1, -0.05) is 25.1 Å². The Kier molecular flexibility index (Phi) is 4.35. The van der Waals surface area contributed by atoms with Crippen molar-refractivity contribution in [2.45, 2.75) is 26.7 Å². The number of Topliss-reactive ketones (excluding diaryl/α,β-unsaturated/α-hetero) is 1. The Morgan fingerprint density at radius 1 is 1.33 bits per heavy atom. The van der Waals surface area contributed by atoms with Crippen LogP contribution < -0.4 is 4.90 Å². The summed E-state index contributed by atoms with van der Waals surface area (Å²) in [6, 6.07) is 8.35. The lowest BCUT2D eigenvalue weighted by molar-refractivity contribution is -0.116. The van der Waals surface area contributed by atoms with Gasteiger partial charge in [0.1, 0.15) is 5.78 Å². The summed E-state index contributed by atoms with van der Waals surface area (Å²) in [6.07, 6.45) is 1.65. The molecular weight excluding hydrogens is 186 g/mol.